The topological polar surface area (TPSA) is 104 Å². The minimum absolute atomic E-state index is 0.0866. The Balaban J connectivity index is 1.39. The molecule has 1 atom stereocenters. The van der Waals surface area contributed by atoms with Crippen molar-refractivity contribution in [1.82, 2.24) is 21.0 Å². The first-order chi connectivity index (χ1) is 15.7. The highest BCUT2D eigenvalue weighted by Gasteiger charge is 2.22. The molecule has 1 aliphatic rings. The largest absolute Gasteiger partial charge is 0.445 e. The van der Waals surface area contributed by atoms with Gasteiger partial charge in [-0.05, 0) is 11.1 Å². The molecule has 0 fully saturated rings. The van der Waals surface area contributed by atoms with E-state index in [2.05, 4.69) is 21.1 Å². The number of amides is 2. The number of hydrogen-bond acceptors (Lipinski definition) is 7. The van der Waals surface area contributed by atoms with Crippen LogP contribution in [0.3, 0.4) is 0 Å². The van der Waals surface area contributed by atoms with Crippen LogP contribution in [0.2, 0.25) is 0 Å². The standard InChI is InChI=1S/C22H26BN5O4/c23-25-19(16-31-14-17-7-3-1-4-8-17)21(29)27-26-20-13-28(12-11-24-20)22(30)32-15-18-9-5-2-6-10-18/h1-10,19,25H,11-16H2,(H,24,26)(H,27,29)/t19-/m1/s1. The van der Waals surface area contributed by atoms with Gasteiger partial charge >= 0.3 is 6.09 Å². The number of hydrogen-bond donors (Lipinski definition) is 3. The number of benzene rings is 2. The number of carbonyl (C=O) groups excluding carboxylic acids is 2. The van der Waals surface area contributed by atoms with Crippen LogP contribution < -0.4 is 16.1 Å². The molecule has 0 unspecified atom stereocenters. The molecule has 1 aliphatic heterocycles. The molecule has 0 aromatic heterocycles. The molecule has 166 valence electrons. The Hall–Kier alpha value is -3.37. The van der Waals surface area contributed by atoms with Crippen molar-refractivity contribution in [2.24, 2.45) is 4.99 Å². The van der Waals surface area contributed by atoms with E-state index < -0.39 is 18.0 Å². The van der Waals surface area contributed by atoms with Gasteiger partial charge in [0.2, 0.25) is 0 Å². The van der Waals surface area contributed by atoms with Gasteiger partial charge in [-0.3, -0.25) is 25.5 Å². The van der Waals surface area contributed by atoms with Crippen molar-refractivity contribution in [3.63, 3.8) is 0 Å². The Kier molecular flexibility index (Phi) is 9.09. The summed E-state index contributed by atoms with van der Waals surface area (Å²) in [6, 6.07) is 18.3. The van der Waals surface area contributed by atoms with Crippen LogP contribution >= 0.6 is 0 Å². The maximum absolute atomic E-state index is 12.4. The predicted octanol–water partition coefficient (Wildman–Crippen LogP) is 0.917. The van der Waals surface area contributed by atoms with Crippen LogP contribution in [0.15, 0.2) is 65.7 Å². The second-order valence-corrected chi connectivity index (χ2v) is 7.12. The number of ether oxygens (including phenoxy) is 2. The lowest BCUT2D eigenvalue weighted by atomic mass is 10.2. The van der Waals surface area contributed by atoms with E-state index >= 15 is 0 Å². The summed E-state index contributed by atoms with van der Waals surface area (Å²) in [4.78, 5) is 30.5. The summed E-state index contributed by atoms with van der Waals surface area (Å²) in [5, 5.41) is 2.43. The van der Waals surface area contributed by atoms with E-state index in [-0.39, 0.29) is 19.8 Å². The third-order valence-corrected chi connectivity index (χ3v) is 4.72. The maximum atomic E-state index is 12.4. The molecule has 0 saturated carbocycles. The minimum Gasteiger partial charge on any atom is -0.445 e. The van der Waals surface area contributed by atoms with E-state index in [1.165, 1.54) is 4.90 Å². The zero-order valence-corrected chi connectivity index (χ0v) is 17.7. The zero-order chi connectivity index (χ0) is 22.6. The first kappa shape index (κ1) is 23.3. The van der Waals surface area contributed by atoms with Gasteiger partial charge in [-0.15, -0.1) is 0 Å². The fourth-order valence-electron chi connectivity index (χ4n) is 2.95. The first-order valence-corrected chi connectivity index (χ1v) is 10.3. The summed E-state index contributed by atoms with van der Waals surface area (Å²) >= 11 is 0. The molecule has 1 heterocycles. The highest BCUT2D eigenvalue weighted by Crippen LogP contribution is 2.05. The molecule has 10 heteroatoms. The van der Waals surface area contributed by atoms with Crippen LogP contribution in [-0.2, 0) is 27.5 Å². The number of amidine groups is 1. The van der Waals surface area contributed by atoms with E-state index in [9.17, 15) is 9.59 Å². The molecule has 0 saturated heterocycles. The molecule has 2 amide bonds. The highest BCUT2D eigenvalue weighted by atomic mass is 16.6. The molecular formula is C22H26BN5O4. The number of nitrogens with one attached hydrogen (secondary N) is 3. The molecule has 0 bridgehead atoms. The first-order valence-electron chi connectivity index (χ1n) is 10.3. The smallest absolute Gasteiger partial charge is 0.410 e. The van der Waals surface area contributed by atoms with Crippen molar-refractivity contribution < 1.29 is 19.1 Å². The Bertz CT molecular complexity index is 898. The molecule has 2 radical (unpaired) electrons. The lowest BCUT2D eigenvalue weighted by Crippen LogP contribution is -2.55. The minimum atomic E-state index is -0.762. The molecule has 0 aliphatic carbocycles. The fourth-order valence-corrected chi connectivity index (χ4v) is 2.95. The number of hydrazine groups is 1. The van der Waals surface area contributed by atoms with Gasteiger partial charge in [0.15, 0.2) is 7.98 Å². The van der Waals surface area contributed by atoms with Crippen molar-refractivity contribution in [1.29, 1.82) is 0 Å². The number of nitrogens with zero attached hydrogens (tertiary/aromatic N) is 2. The van der Waals surface area contributed by atoms with Gasteiger partial charge in [-0.2, -0.15) is 0 Å². The molecular weight excluding hydrogens is 409 g/mol. The fraction of sp³-hybridized carbons (Fsp3) is 0.318. The summed E-state index contributed by atoms with van der Waals surface area (Å²) in [5.74, 6) is 0.0364. The lowest BCUT2D eigenvalue weighted by molar-refractivity contribution is -0.124. The van der Waals surface area contributed by atoms with Crippen LogP contribution in [0, 0.1) is 0 Å². The molecule has 9 nitrogen and oxygen atoms in total. The summed E-state index contributed by atoms with van der Waals surface area (Å²) in [5.41, 5.74) is 7.21. The number of carbonyl (C=O) groups is 2. The normalized spacial score (nSPS) is 14.2. The molecule has 2 aromatic rings. The van der Waals surface area contributed by atoms with E-state index in [1.807, 2.05) is 60.7 Å². The number of aliphatic imine (C=N–C) groups is 1. The molecule has 0 spiro atoms. The van der Waals surface area contributed by atoms with Gasteiger partial charge in [0, 0.05) is 6.54 Å². The van der Waals surface area contributed by atoms with Crippen LogP contribution in [-0.4, -0.2) is 63.0 Å². The average molecular weight is 435 g/mol. The van der Waals surface area contributed by atoms with Crippen LogP contribution in [0.1, 0.15) is 11.1 Å². The summed E-state index contributed by atoms with van der Waals surface area (Å²) < 4.78 is 10.9. The van der Waals surface area contributed by atoms with Gasteiger partial charge in [0.1, 0.15) is 18.5 Å². The summed E-state index contributed by atoms with van der Waals surface area (Å²) in [7, 11) is 5.49. The van der Waals surface area contributed by atoms with Crippen molar-refractivity contribution >= 4 is 25.8 Å². The van der Waals surface area contributed by atoms with Gasteiger partial charge in [-0.25, -0.2) is 4.79 Å². The Morgan fingerprint density at radius 3 is 2.34 bits per heavy atom. The van der Waals surface area contributed by atoms with Crippen molar-refractivity contribution in [2.75, 3.05) is 26.2 Å². The van der Waals surface area contributed by atoms with Gasteiger partial charge in [0.05, 0.1) is 26.3 Å². The SMILES string of the molecule is [B]N[C@H](COCc1ccccc1)C(=O)NNC1=NCCN(C(=O)OCc2ccccc2)C1. The molecule has 2 aromatic carbocycles. The van der Waals surface area contributed by atoms with Crippen molar-refractivity contribution in [3.05, 3.63) is 71.8 Å². The third kappa shape index (κ3) is 7.40. The van der Waals surface area contributed by atoms with Gasteiger partial charge in [0.25, 0.3) is 5.91 Å². The van der Waals surface area contributed by atoms with Crippen LogP contribution in [0.25, 0.3) is 0 Å². The highest BCUT2D eigenvalue weighted by molar-refractivity contribution is 6.07. The lowest BCUT2D eigenvalue weighted by Gasteiger charge is -2.27. The second-order valence-electron chi connectivity index (χ2n) is 7.12. The third-order valence-electron chi connectivity index (χ3n) is 4.72. The predicted molar refractivity (Wildman–Crippen MR) is 121 cm³/mol. The van der Waals surface area contributed by atoms with Crippen LogP contribution in [0.4, 0.5) is 4.79 Å². The van der Waals surface area contributed by atoms with E-state index in [0.29, 0.717) is 25.5 Å². The Morgan fingerprint density at radius 1 is 1.03 bits per heavy atom. The summed E-state index contributed by atoms with van der Waals surface area (Å²) in [6.45, 7) is 1.68. The van der Waals surface area contributed by atoms with E-state index in [4.69, 9.17) is 17.5 Å². The van der Waals surface area contributed by atoms with Gasteiger partial charge in [-0.1, -0.05) is 60.7 Å². The summed E-state index contributed by atoms with van der Waals surface area (Å²) in [6.07, 6.45) is -0.440. The van der Waals surface area contributed by atoms with Crippen molar-refractivity contribution in [3.8, 4) is 0 Å². The quantitative estimate of drug-likeness (QED) is 0.421. The zero-order valence-electron chi connectivity index (χ0n) is 17.7. The monoisotopic (exact) mass is 435 g/mol. The van der Waals surface area contributed by atoms with Crippen molar-refractivity contribution in [2.45, 2.75) is 19.3 Å². The Labute approximate surface area is 188 Å². The van der Waals surface area contributed by atoms with Crippen LogP contribution in [0.5, 0.6) is 0 Å². The Morgan fingerprint density at radius 2 is 1.69 bits per heavy atom. The molecule has 3 N–H and O–H groups in total. The maximum Gasteiger partial charge on any atom is 0.410 e. The number of rotatable bonds is 8. The second kappa shape index (κ2) is 12.5. The molecule has 32 heavy (non-hydrogen) atoms. The molecule has 3 rings (SSSR count). The van der Waals surface area contributed by atoms with E-state index in [1.54, 1.807) is 0 Å². The van der Waals surface area contributed by atoms with E-state index in [0.717, 1.165) is 11.1 Å². The van der Waals surface area contributed by atoms with Gasteiger partial charge < -0.3 is 14.7 Å². The average Bonchev–Trinajstić information content (AvgIpc) is 2.85.